The van der Waals surface area contributed by atoms with Gasteiger partial charge in [0.05, 0.1) is 5.56 Å². The molecule has 2 rings (SSSR count). The van der Waals surface area contributed by atoms with Crippen molar-refractivity contribution in [2.75, 3.05) is 18.0 Å². The van der Waals surface area contributed by atoms with Crippen LogP contribution in [-0.4, -0.2) is 18.1 Å². The maximum Gasteiger partial charge on any atom is 0.128 e. The van der Waals surface area contributed by atoms with Crippen molar-refractivity contribution >= 4 is 5.82 Å². The predicted octanol–water partition coefficient (Wildman–Crippen LogP) is 2.83. The molecule has 1 saturated heterocycles. The standard InChI is InChI=1S/C14H19N3/c1-4-12-9-17(10-14(12,2)3)13-6-5-11(7-15)8-16-13/h5-6,8,12H,4,9-10H2,1-3H3. The van der Waals surface area contributed by atoms with E-state index in [9.17, 15) is 0 Å². The zero-order valence-electron chi connectivity index (χ0n) is 10.8. The van der Waals surface area contributed by atoms with Crippen molar-refractivity contribution < 1.29 is 0 Å². The number of rotatable bonds is 2. The highest BCUT2D eigenvalue weighted by Gasteiger charge is 2.38. The highest BCUT2D eigenvalue weighted by atomic mass is 15.2. The van der Waals surface area contributed by atoms with E-state index in [0.717, 1.165) is 24.8 Å². The van der Waals surface area contributed by atoms with Gasteiger partial charge in [0.15, 0.2) is 0 Å². The van der Waals surface area contributed by atoms with Gasteiger partial charge in [-0.2, -0.15) is 5.26 Å². The summed E-state index contributed by atoms with van der Waals surface area (Å²) in [4.78, 5) is 6.70. The quantitative estimate of drug-likeness (QED) is 0.783. The monoisotopic (exact) mass is 229 g/mol. The molecule has 0 aromatic carbocycles. The molecule has 3 heteroatoms. The van der Waals surface area contributed by atoms with Crippen molar-refractivity contribution in [1.29, 1.82) is 5.26 Å². The minimum Gasteiger partial charge on any atom is -0.356 e. The van der Waals surface area contributed by atoms with Crippen molar-refractivity contribution in [2.24, 2.45) is 11.3 Å². The van der Waals surface area contributed by atoms with Gasteiger partial charge in [0, 0.05) is 19.3 Å². The number of aromatic nitrogens is 1. The first-order valence-corrected chi connectivity index (χ1v) is 6.18. The second-order valence-electron chi connectivity index (χ2n) is 5.49. The lowest BCUT2D eigenvalue weighted by Gasteiger charge is -2.24. The summed E-state index contributed by atoms with van der Waals surface area (Å²) in [5.74, 6) is 1.72. The third kappa shape index (κ3) is 2.26. The molecule has 0 spiro atoms. The van der Waals surface area contributed by atoms with Gasteiger partial charge in [-0.25, -0.2) is 4.98 Å². The number of nitrogens with zero attached hydrogens (tertiary/aromatic N) is 3. The Morgan fingerprint density at radius 3 is 2.76 bits per heavy atom. The maximum atomic E-state index is 8.75. The molecule has 1 unspecified atom stereocenters. The van der Waals surface area contributed by atoms with Crippen molar-refractivity contribution in [2.45, 2.75) is 27.2 Å². The van der Waals surface area contributed by atoms with Crippen LogP contribution in [0.2, 0.25) is 0 Å². The molecule has 0 bridgehead atoms. The van der Waals surface area contributed by atoms with Gasteiger partial charge in [0.1, 0.15) is 11.9 Å². The fourth-order valence-electron chi connectivity index (χ4n) is 2.69. The average molecular weight is 229 g/mol. The summed E-state index contributed by atoms with van der Waals surface area (Å²) in [5, 5.41) is 8.75. The molecule has 0 radical (unpaired) electrons. The van der Waals surface area contributed by atoms with E-state index < -0.39 is 0 Å². The number of pyridine rings is 1. The van der Waals surface area contributed by atoms with Crippen molar-refractivity contribution in [3.05, 3.63) is 23.9 Å². The summed E-state index contributed by atoms with van der Waals surface area (Å²) in [6, 6.07) is 5.89. The molecular weight excluding hydrogens is 210 g/mol. The van der Waals surface area contributed by atoms with Gasteiger partial charge in [-0.1, -0.05) is 27.2 Å². The zero-order valence-corrected chi connectivity index (χ0v) is 10.8. The lowest BCUT2D eigenvalue weighted by atomic mass is 9.81. The van der Waals surface area contributed by atoms with E-state index in [4.69, 9.17) is 5.26 Å². The fourth-order valence-corrected chi connectivity index (χ4v) is 2.69. The number of hydrogen-bond acceptors (Lipinski definition) is 3. The first-order chi connectivity index (χ1) is 8.06. The molecule has 0 aliphatic carbocycles. The van der Waals surface area contributed by atoms with E-state index in [2.05, 4.69) is 36.7 Å². The van der Waals surface area contributed by atoms with Crippen LogP contribution in [0.3, 0.4) is 0 Å². The smallest absolute Gasteiger partial charge is 0.128 e. The summed E-state index contributed by atoms with van der Waals surface area (Å²) in [6.07, 6.45) is 2.86. The van der Waals surface area contributed by atoms with Crippen LogP contribution in [0.4, 0.5) is 5.82 Å². The molecule has 0 amide bonds. The molecular formula is C14H19N3. The van der Waals surface area contributed by atoms with Gasteiger partial charge in [-0.3, -0.25) is 0 Å². The number of hydrogen-bond donors (Lipinski definition) is 0. The second kappa shape index (κ2) is 4.37. The predicted molar refractivity (Wildman–Crippen MR) is 68.7 cm³/mol. The zero-order chi connectivity index (χ0) is 12.5. The minimum atomic E-state index is 0.352. The maximum absolute atomic E-state index is 8.75. The minimum absolute atomic E-state index is 0.352. The van der Waals surface area contributed by atoms with Crippen LogP contribution in [0.25, 0.3) is 0 Å². The van der Waals surface area contributed by atoms with Crippen LogP contribution in [0, 0.1) is 22.7 Å². The van der Waals surface area contributed by atoms with Crippen LogP contribution in [0.5, 0.6) is 0 Å². The van der Waals surface area contributed by atoms with Gasteiger partial charge in [-0.15, -0.1) is 0 Å². The van der Waals surface area contributed by atoms with E-state index in [1.807, 2.05) is 12.1 Å². The first-order valence-electron chi connectivity index (χ1n) is 6.18. The Bertz CT molecular complexity index is 428. The molecule has 1 aliphatic heterocycles. The Labute approximate surface area is 103 Å². The third-order valence-electron chi connectivity index (χ3n) is 3.84. The van der Waals surface area contributed by atoms with Crippen molar-refractivity contribution in [1.82, 2.24) is 4.98 Å². The number of nitriles is 1. The topological polar surface area (TPSA) is 39.9 Å². The number of anilines is 1. The molecule has 17 heavy (non-hydrogen) atoms. The van der Waals surface area contributed by atoms with Crippen LogP contribution in [0.1, 0.15) is 32.8 Å². The van der Waals surface area contributed by atoms with E-state index >= 15 is 0 Å². The molecule has 1 aromatic rings. The van der Waals surface area contributed by atoms with E-state index in [1.165, 1.54) is 6.42 Å². The van der Waals surface area contributed by atoms with E-state index in [1.54, 1.807) is 6.20 Å². The molecule has 1 aromatic heterocycles. The van der Waals surface area contributed by atoms with E-state index in [0.29, 0.717) is 11.0 Å². The Morgan fingerprint density at radius 2 is 2.29 bits per heavy atom. The van der Waals surface area contributed by atoms with E-state index in [-0.39, 0.29) is 0 Å². The van der Waals surface area contributed by atoms with Gasteiger partial charge in [0.2, 0.25) is 0 Å². The molecule has 1 fully saturated rings. The fraction of sp³-hybridized carbons (Fsp3) is 0.571. The summed E-state index contributed by atoms with van der Waals surface area (Å²) in [6.45, 7) is 9.02. The van der Waals surface area contributed by atoms with Gasteiger partial charge in [0.25, 0.3) is 0 Å². The Morgan fingerprint density at radius 1 is 1.53 bits per heavy atom. The second-order valence-corrected chi connectivity index (χ2v) is 5.49. The molecule has 0 saturated carbocycles. The summed E-state index contributed by atoms with van der Waals surface area (Å²) < 4.78 is 0. The highest BCUT2D eigenvalue weighted by Crippen LogP contribution is 2.38. The Balaban J connectivity index is 2.17. The Kier molecular flexibility index (Phi) is 3.06. The van der Waals surface area contributed by atoms with Crippen molar-refractivity contribution in [3.63, 3.8) is 0 Å². The summed E-state index contributed by atoms with van der Waals surface area (Å²) in [7, 11) is 0. The van der Waals surface area contributed by atoms with Crippen molar-refractivity contribution in [3.8, 4) is 6.07 Å². The van der Waals surface area contributed by atoms with Crippen LogP contribution in [0.15, 0.2) is 18.3 Å². The van der Waals surface area contributed by atoms with Gasteiger partial charge >= 0.3 is 0 Å². The van der Waals surface area contributed by atoms with Crippen LogP contribution in [-0.2, 0) is 0 Å². The molecule has 0 N–H and O–H groups in total. The van der Waals surface area contributed by atoms with Gasteiger partial charge < -0.3 is 4.90 Å². The van der Waals surface area contributed by atoms with Crippen LogP contribution >= 0.6 is 0 Å². The van der Waals surface area contributed by atoms with Gasteiger partial charge in [-0.05, 0) is 23.5 Å². The van der Waals surface area contributed by atoms with Crippen LogP contribution < -0.4 is 4.90 Å². The molecule has 3 nitrogen and oxygen atoms in total. The molecule has 2 heterocycles. The first kappa shape index (κ1) is 11.9. The lowest BCUT2D eigenvalue weighted by Crippen LogP contribution is -2.24. The molecule has 1 atom stereocenters. The Hall–Kier alpha value is -1.56. The molecule has 90 valence electrons. The molecule has 1 aliphatic rings. The highest BCUT2D eigenvalue weighted by molar-refractivity contribution is 5.43. The SMILES string of the molecule is CCC1CN(c2ccc(C#N)cn2)CC1(C)C. The largest absolute Gasteiger partial charge is 0.356 e. The normalized spacial score (nSPS) is 22.5. The summed E-state index contributed by atoms with van der Waals surface area (Å²) in [5.41, 5.74) is 0.976. The average Bonchev–Trinajstić information content (AvgIpc) is 2.64. The summed E-state index contributed by atoms with van der Waals surface area (Å²) >= 11 is 0. The third-order valence-corrected chi connectivity index (χ3v) is 3.84. The lowest BCUT2D eigenvalue weighted by molar-refractivity contribution is 0.282.